The van der Waals surface area contributed by atoms with Crippen LogP contribution in [0.4, 0.5) is 0 Å². The molecule has 0 atom stereocenters. The van der Waals surface area contributed by atoms with Crippen LogP contribution in [0.1, 0.15) is 56.8 Å². The fraction of sp³-hybridized carbons (Fsp3) is 0.385. The van der Waals surface area contributed by atoms with Gasteiger partial charge in [-0.2, -0.15) is 5.10 Å². The zero-order valence-corrected chi connectivity index (χ0v) is 20.3. The molecule has 0 spiro atoms. The number of aromatic amines is 1. The van der Waals surface area contributed by atoms with E-state index in [9.17, 15) is 19.5 Å². The number of phenols is 1. The average molecular weight is 491 g/mol. The van der Waals surface area contributed by atoms with Gasteiger partial charge in [0.1, 0.15) is 5.75 Å². The molecule has 3 heterocycles. The maximum absolute atomic E-state index is 13.4. The van der Waals surface area contributed by atoms with Crippen LogP contribution in [0.3, 0.4) is 0 Å². The number of amides is 3. The summed E-state index contributed by atoms with van der Waals surface area (Å²) >= 11 is 0. The number of carbonyl (C=O) groups is 3. The third-order valence-corrected chi connectivity index (χ3v) is 6.89. The lowest BCUT2D eigenvalue weighted by Crippen LogP contribution is -2.34. The number of benzene rings is 2. The Morgan fingerprint density at radius 2 is 1.94 bits per heavy atom. The van der Waals surface area contributed by atoms with Crippen LogP contribution in [0.15, 0.2) is 30.3 Å². The van der Waals surface area contributed by atoms with Crippen molar-refractivity contribution in [2.75, 3.05) is 26.7 Å². The van der Waals surface area contributed by atoms with Gasteiger partial charge < -0.3 is 25.5 Å². The number of nitrogens with one attached hydrogen (secondary N) is 3. The van der Waals surface area contributed by atoms with Gasteiger partial charge in [-0.25, -0.2) is 0 Å². The van der Waals surface area contributed by atoms with Crippen LogP contribution >= 0.6 is 0 Å². The second kappa shape index (κ2) is 9.98. The molecule has 36 heavy (non-hydrogen) atoms. The molecule has 1 fully saturated rings. The summed E-state index contributed by atoms with van der Waals surface area (Å²) in [5.41, 5.74) is 3.92. The number of likely N-dealkylation sites (tertiary alicyclic amines) is 1. The minimum absolute atomic E-state index is 0.109. The zero-order valence-electron chi connectivity index (χ0n) is 20.3. The van der Waals surface area contributed by atoms with Gasteiger partial charge in [0.05, 0.1) is 23.3 Å². The van der Waals surface area contributed by atoms with Crippen LogP contribution < -0.4 is 10.6 Å². The van der Waals surface area contributed by atoms with E-state index in [-0.39, 0.29) is 29.0 Å². The highest BCUT2D eigenvalue weighted by atomic mass is 16.3. The van der Waals surface area contributed by atoms with Crippen LogP contribution in [0, 0.1) is 0 Å². The summed E-state index contributed by atoms with van der Waals surface area (Å²) in [4.78, 5) is 41.5. The number of hydrogen-bond acceptors (Lipinski definition) is 6. The van der Waals surface area contributed by atoms with E-state index in [0.29, 0.717) is 67.8 Å². The van der Waals surface area contributed by atoms with Crippen molar-refractivity contribution in [3.05, 3.63) is 58.3 Å². The second-order valence-corrected chi connectivity index (χ2v) is 9.36. The molecule has 188 valence electrons. The number of H-pyrrole nitrogens is 1. The maximum Gasteiger partial charge on any atom is 0.258 e. The first kappa shape index (κ1) is 23.8. The monoisotopic (exact) mass is 490 g/mol. The highest BCUT2D eigenvalue weighted by molar-refractivity contribution is 6.01. The highest BCUT2D eigenvalue weighted by Gasteiger charge is 2.28. The van der Waals surface area contributed by atoms with Crippen LogP contribution in [0.5, 0.6) is 5.75 Å². The Balaban J connectivity index is 1.34. The van der Waals surface area contributed by atoms with Crippen molar-refractivity contribution in [2.24, 2.45) is 0 Å². The van der Waals surface area contributed by atoms with Crippen molar-refractivity contribution < 1.29 is 19.5 Å². The Labute approximate surface area is 208 Å². The number of rotatable bonds is 7. The number of nitrogens with zero attached hydrogens (tertiary/aromatic N) is 3. The highest BCUT2D eigenvalue weighted by Crippen LogP contribution is 2.31. The topological polar surface area (TPSA) is 131 Å². The van der Waals surface area contributed by atoms with Gasteiger partial charge in [0.15, 0.2) is 0 Å². The smallest absolute Gasteiger partial charge is 0.258 e. The van der Waals surface area contributed by atoms with Crippen molar-refractivity contribution in [1.29, 1.82) is 0 Å². The molecule has 4 N–H and O–H groups in total. The normalized spacial score (nSPS) is 15.4. The van der Waals surface area contributed by atoms with E-state index in [1.54, 1.807) is 21.9 Å². The molecule has 1 saturated heterocycles. The van der Waals surface area contributed by atoms with Crippen LogP contribution in [0.25, 0.3) is 10.9 Å². The summed E-state index contributed by atoms with van der Waals surface area (Å²) in [6.45, 7) is 3.02. The lowest BCUT2D eigenvalue weighted by Gasteiger charge is -2.26. The molecule has 2 aliphatic rings. The van der Waals surface area contributed by atoms with Crippen LogP contribution in [0.2, 0.25) is 0 Å². The molecule has 1 aromatic heterocycles. The Kier molecular flexibility index (Phi) is 6.60. The quantitative estimate of drug-likeness (QED) is 0.374. The fourth-order valence-corrected chi connectivity index (χ4v) is 4.86. The molecular formula is C26H30N6O4. The second-order valence-electron chi connectivity index (χ2n) is 9.36. The minimum atomic E-state index is -0.299. The number of fused-ring (bicyclic) bond motifs is 2. The Morgan fingerprint density at radius 1 is 1.11 bits per heavy atom. The first-order valence-electron chi connectivity index (χ1n) is 12.3. The fourth-order valence-electron chi connectivity index (χ4n) is 4.86. The van der Waals surface area contributed by atoms with Crippen LogP contribution in [-0.4, -0.2) is 69.5 Å². The van der Waals surface area contributed by atoms with Gasteiger partial charge in [-0.3, -0.25) is 19.5 Å². The lowest BCUT2D eigenvalue weighted by molar-refractivity contribution is -0.133. The maximum atomic E-state index is 13.4. The number of aromatic hydroxyl groups is 1. The molecular weight excluding hydrogens is 460 g/mol. The molecule has 0 saturated carbocycles. The molecule has 0 bridgehead atoms. The van der Waals surface area contributed by atoms with Gasteiger partial charge in [0.2, 0.25) is 5.91 Å². The standard InChI is InChI=1S/C26H30N6O4/c1-27-7-8-28-25(35)16-5-6-17-13-32(14-18(17)10-16)26(36)20-11-19-21(12-23(20)33)29-30-22(19)15-31-9-3-2-4-24(31)34/h5-6,10-12,27,33H,2-4,7-9,13-15H2,1H3,(H,28,35)(H,29,30). The zero-order chi connectivity index (χ0) is 25.2. The number of carbonyl (C=O) groups excluding carboxylic acids is 3. The van der Waals surface area contributed by atoms with Gasteiger partial charge in [-0.15, -0.1) is 0 Å². The SMILES string of the molecule is CNCCNC(=O)c1ccc2c(c1)CN(C(=O)c1cc3c(CN4CCCCC4=O)n[nH]c3cc1O)C2. The summed E-state index contributed by atoms with van der Waals surface area (Å²) in [6.07, 6.45) is 2.42. The summed E-state index contributed by atoms with van der Waals surface area (Å²) in [5, 5.41) is 24.4. The Bertz CT molecular complexity index is 1330. The average Bonchev–Trinajstić information content (AvgIpc) is 3.48. The number of aromatic nitrogens is 2. The van der Waals surface area contributed by atoms with Gasteiger partial charge in [-0.05, 0) is 49.2 Å². The van der Waals surface area contributed by atoms with E-state index >= 15 is 0 Å². The summed E-state index contributed by atoms with van der Waals surface area (Å²) in [6, 6.07) is 8.63. The van der Waals surface area contributed by atoms with Crippen molar-refractivity contribution in [1.82, 2.24) is 30.6 Å². The van der Waals surface area contributed by atoms with E-state index in [4.69, 9.17) is 0 Å². The van der Waals surface area contributed by atoms with Crippen LogP contribution in [-0.2, 0) is 24.4 Å². The summed E-state index contributed by atoms with van der Waals surface area (Å²) < 4.78 is 0. The van der Waals surface area contributed by atoms with E-state index in [0.717, 1.165) is 24.0 Å². The molecule has 2 aromatic carbocycles. The van der Waals surface area contributed by atoms with Gasteiger partial charge in [0, 0.05) is 56.2 Å². The van der Waals surface area contributed by atoms with Crippen molar-refractivity contribution in [3.8, 4) is 5.75 Å². The molecule has 5 rings (SSSR count). The van der Waals surface area contributed by atoms with Crippen molar-refractivity contribution in [3.63, 3.8) is 0 Å². The predicted molar refractivity (Wildman–Crippen MR) is 133 cm³/mol. The number of hydrogen-bond donors (Lipinski definition) is 4. The third-order valence-electron chi connectivity index (χ3n) is 6.89. The van der Waals surface area contributed by atoms with E-state index in [1.807, 2.05) is 19.2 Å². The molecule has 0 aliphatic carbocycles. The van der Waals surface area contributed by atoms with Crippen molar-refractivity contribution >= 4 is 28.6 Å². The van der Waals surface area contributed by atoms with E-state index in [1.165, 1.54) is 6.07 Å². The molecule has 0 radical (unpaired) electrons. The number of piperidine rings is 1. The number of likely N-dealkylation sites (N-methyl/N-ethyl adjacent to an activating group) is 1. The Morgan fingerprint density at radius 3 is 2.75 bits per heavy atom. The molecule has 3 amide bonds. The number of phenolic OH excluding ortho intramolecular Hbond substituents is 1. The van der Waals surface area contributed by atoms with Gasteiger partial charge in [0.25, 0.3) is 11.8 Å². The van der Waals surface area contributed by atoms with Crippen molar-refractivity contribution in [2.45, 2.75) is 38.9 Å². The minimum Gasteiger partial charge on any atom is -0.507 e. The summed E-state index contributed by atoms with van der Waals surface area (Å²) in [5.74, 6) is -0.470. The van der Waals surface area contributed by atoms with E-state index in [2.05, 4.69) is 20.8 Å². The predicted octanol–water partition coefficient (Wildman–Crippen LogP) is 1.89. The largest absolute Gasteiger partial charge is 0.507 e. The molecule has 3 aromatic rings. The lowest BCUT2D eigenvalue weighted by atomic mass is 10.1. The Hall–Kier alpha value is -3.92. The first-order valence-corrected chi connectivity index (χ1v) is 12.3. The molecule has 10 heteroatoms. The third kappa shape index (κ3) is 4.64. The first-order chi connectivity index (χ1) is 17.4. The molecule has 10 nitrogen and oxygen atoms in total. The van der Waals surface area contributed by atoms with Gasteiger partial charge in [-0.1, -0.05) is 6.07 Å². The van der Waals surface area contributed by atoms with E-state index < -0.39 is 0 Å². The summed E-state index contributed by atoms with van der Waals surface area (Å²) in [7, 11) is 1.83. The molecule has 0 unspecified atom stereocenters. The van der Waals surface area contributed by atoms with Gasteiger partial charge >= 0.3 is 0 Å². The molecule has 2 aliphatic heterocycles.